The van der Waals surface area contributed by atoms with E-state index in [1.807, 2.05) is 0 Å². The summed E-state index contributed by atoms with van der Waals surface area (Å²) >= 11 is 0. The Morgan fingerprint density at radius 1 is 1.00 bits per heavy atom. The molecular weight excluding hydrogens is 218 g/mol. The molecule has 2 N–H and O–H groups in total. The Balaban J connectivity index is 1.81. The van der Waals surface area contributed by atoms with Gasteiger partial charge in [0.25, 0.3) is 0 Å². The van der Waals surface area contributed by atoms with E-state index < -0.39 is 0 Å². The first-order chi connectivity index (χ1) is 8.83. The Bertz CT molecular complexity index is 220. The summed E-state index contributed by atoms with van der Waals surface area (Å²) in [4.78, 5) is 0. The van der Waals surface area contributed by atoms with Crippen molar-refractivity contribution in [3.05, 3.63) is 11.6 Å². The average Bonchev–Trinajstić information content (AvgIpc) is 2.77. The summed E-state index contributed by atoms with van der Waals surface area (Å²) in [5.74, 6) is 0. The van der Waals surface area contributed by atoms with E-state index in [-0.39, 0.29) is 0 Å². The third-order valence-electron chi connectivity index (χ3n) is 4.10. The van der Waals surface area contributed by atoms with Crippen LogP contribution >= 0.6 is 0 Å². The van der Waals surface area contributed by atoms with Crippen LogP contribution in [-0.4, -0.2) is 6.04 Å². The molecule has 0 amide bonds. The van der Waals surface area contributed by atoms with E-state index in [0.29, 0.717) is 6.04 Å². The standard InChI is InChI=1S/C17H33N/c1-2-3-4-5-6-7-8-9-10-11-12-16-13-14-17(18)15-16/h12,17H,2-11,13-15,18H2,1H3. The molecule has 0 bridgehead atoms. The van der Waals surface area contributed by atoms with E-state index in [2.05, 4.69) is 13.0 Å². The summed E-state index contributed by atoms with van der Waals surface area (Å²) in [7, 11) is 0. The maximum absolute atomic E-state index is 5.90. The van der Waals surface area contributed by atoms with Crippen LogP contribution < -0.4 is 5.73 Å². The zero-order chi connectivity index (χ0) is 13.1. The first kappa shape index (κ1) is 15.8. The molecule has 1 heteroatoms. The summed E-state index contributed by atoms with van der Waals surface area (Å²) in [5.41, 5.74) is 7.53. The number of allylic oxidation sites excluding steroid dienone is 1. The van der Waals surface area contributed by atoms with Crippen molar-refractivity contribution in [1.29, 1.82) is 0 Å². The van der Waals surface area contributed by atoms with Gasteiger partial charge in [0.2, 0.25) is 0 Å². The second-order valence-electron chi connectivity index (χ2n) is 5.98. The fraction of sp³-hybridized carbons (Fsp3) is 0.882. The Kier molecular flexibility index (Phi) is 9.28. The van der Waals surface area contributed by atoms with Gasteiger partial charge in [0, 0.05) is 6.04 Å². The molecule has 18 heavy (non-hydrogen) atoms. The molecule has 0 aliphatic heterocycles. The van der Waals surface area contributed by atoms with Crippen molar-refractivity contribution >= 4 is 0 Å². The van der Waals surface area contributed by atoms with Crippen LogP contribution in [0.15, 0.2) is 11.6 Å². The predicted octanol–water partition coefficient (Wildman–Crippen LogP) is 5.34. The maximum Gasteiger partial charge on any atom is 0.00791 e. The van der Waals surface area contributed by atoms with Gasteiger partial charge in [-0.2, -0.15) is 0 Å². The zero-order valence-electron chi connectivity index (χ0n) is 12.4. The first-order valence-electron chi connectivity index (χ1n) is 8.26. The summed E-state index contributed by atoms with van der Waals surface area (Å²) in [6, 6.07) is 0.458. The highest BCUT2D eigenvalue weighted by atomic mass is 14.6. The van der Waals surface area contributed by atoms with Crippen molar-refractivity contribution in [1.82, 2.24) is 0 Å². The van der Waals surface area contributed by atoms with Crippen LogP contribution in [0.3, 0.4) is 0 Å². The SMILES string of the molecule is CCCCCCCCCCCC=C1CCC(N)C1. The molecule has 1 aliphatic carbocycles. The van der Waals surface area contributed by atoms with Gasteiger partial charge in [-0.25, -0.2) is 0 Å². The Morgan fingerprint density at radius 3 is 2.17 bits per heavy atom. The molecule has 0 aromatic carbocycles. The highest BCUT2D eigenvalue weighted by Gasteiger charge is 2.13. The van der Waals surface area contributed by atoms with Gasteiger partial charge in [-0.1, -0.05) is 69.9 Å². The minimum absolute atomic E-state index is 0.458. The van der Waals surface area contributed by atoms with Crippen molar-refractivity contribution < 1.29 is 0 Å². The molecular formula is C17H33N. The van der Waals surface area contributed by atoms with Gasteiger partial charge >= 0.3 is 0 Å². The molecule has 0 radical (unpaired) electrons. The molecule has 1 aliphatic rings. The number of hydrogen-bond donors (Lipinski definition) is 1. The number of rotatable bonds is 10. The molecule has 1 fully saturated rings. The highest BCUT2D eigenvalue weighted by molar-refractivity contribution is 5.09. The van der Waals surface area contributed by atoms with E-state index in [4.69, 9.17) is 5.73 Å². The zero-order valence-corrected chi connectivity index (χ0v) is 12.4. The number of nitrogens with two attached hydrogens (primary N) is 1. The molecule has 0 spiro atoms. The van der Waals surface area contributed by atoms with Crippen LogP contribution in [0.1, 0.15) is 90.4 Å². The van der Waals surface area contributed by atoms with Crippen LogP contribution in [0.4, 0.5) is 0 Å². The summed E-state index contributed by atoms with van der Waals surface area (Å²) in [5, 5.41) is 0. The van der Waals surface area contributed by atoms with Crippen LogP contribution in [0, 0.1) is 0 Å². The molecule has 0 aromatic rings. The Morgan fingerprint density at radius 2 is 1.61 bits per heavy atom. The monoisotopic (exact) mass is 251 g/mol. The molecule has 0 heterocycles. The molecule has 1 saturated carbocycles. The lowest BCUT2D eigenvalue weighted by Gasteiger charge is -2.01. The molecule has 0 saturated heterocycles. The normalized spacial score (nSPS) is 21.9. The largest absolute Gasteiger partial charge is 0.327 e. The van der Waals surface area contributed by atoms with Crippen molar-refractivity contribution in [2.24, 2.45) is 5.73 Å². The van der Waals surface area contributed by atoms with Gasteiger partial charge in [-0.15, -0.1) is 0 Å². The second-order valence-corrected chi connectivity index (χ2v) is 5.98. The van der Waals surface area contributed by atoms with Crippen molar-refractivity contribution in [2.45, 2.75) is 96.4 Å². The molecule has 0 aromatic heterocycles. The lowest BCUT2D eigenvalue weighted by molar-refractivity contribution is 0.566. The summed E-state index contributed by atoms with van der Waals surface area (Å²) in [6.45, 7) is 2.28. The van der Waals surface area contributed by atoms with Gasteiger partial charge in [-0.05, 0) is 32.1 Å². The van der Waals surface area contributed by atoms with E-state index in [0.717, 1.165) is 6.42 Å². The molecule has 1 rings (SSSR count). The van der Waals surface area contributed by atoms with Gasteiger partial charge in [0.05, 0.1) is 0 Å². The highest BCUT2D eigenvalue weighted by Crippen LogP contribution is 2.24. The van der Waals surface area contributed by atoms with E-state index in [9.17, 15) is 0 Å². The Hall–Kier alpha value is -0.300. The maximum atomic E-state index is 5.90. The van der Waals surface area contributed by atoms with Crippen LogP contribution in [-0.2, 0) is 0 Å². The van der Waals surface area contributed by atoms with E-state index >= 15 is 0 Å². The minimum atomic E-state index is 0.458. The third-order valence-corrected chi connectivity index (χ3v) is 4.10. The average molecular weight is 251 g/mol. The predicted molar refractivity (Wildman–Crippen MR) is 81.8 cm³/mol. The van der Waals surface area contributed by atoms with Crippen LogP contribution in [0.5, 0.6) is 0 Å². The second kappa shape index (κ2) is 10.6. The fourth-order valence-electron chi connectivity index (χ4n) is 2.86. The number of hydrogen-bond acceptors (Lipinski definition) is 1. The lowest BCUT2D eigenvalue weighted by Crippen LogP contribution is -2.13. The van der Waals surface area contributed by atoms with Gasteiger partial charge in [0.15, 0.2) is 0 Å². The smallest absolute Gasteiger partial charge is 0.00791 e. The quantitative estimate of drug-likeness (QED) is 0.411. The molecule has 1 atom stereocenters. The molecule has 1 nitrogen and oxygen atoms in total. The third kappa shape index (κ3) is 7.92. The Labute approximate surface area is 114 Å². The molecule has 106 valence electrons. The van der Waals surface area contributed by atoms with E-state index in [1.54, 1.807) is 5.57 Å². The van der Waals surface area contributed by atoms with Crippen molar-refractivity contribution in [3.63, 3.8) is 0 Å². The van der Waals surface area contributed by atoms with Crippen LogP contribution in [0.2, 0.25) is 0 Å². The van der Waals surface area contributed by atoms with Crippen molar-refractivity contribution in [3.8, 4) is 0 Å². The fourth-order valence-corrected chi connectivity index (χ4v) is 2.86. The van der Waals surface area contributed by atoms with Crippen LogP contribution in [0.25, 0.3) is 0 Å². The summed E-state index contributed by atoms with van der Waals surface area (Å²) < 4.78 is 0. The van der Waals surface area contributed by atoms with Gasteiger partial charge in [0.1, 0.15) is 0 Å². The molecule has 1 unspecified atom stereocenters. The minimum Gasteiger partial charge on any atom is -0.327 e. The summed E-state index contributed by atoms with van der Waals surface area (Å²) in [6.07, 6.45) is 20.2. The lowest BCUT2D eigenvalue weighted by atomic mass is 10.1. The van der Waals surface area contributed by atoms with Gasteiger partial charge < -0.3 is 5.73 Å². The first-order valence-corrected chi connectivity index (χ1v) is 8.26. The number of unbranched alkanes of at least 4 members (excludes halogenated alkanes) is 9. The van der Waals surface area contributed by atoms with Crippen molar-refractivity contribution in [2.75, 3.05) is 0 Å². The van der Waals surface area contributed by atoms with E-state index in [1.165, 1.54) is 77.0 Å². The topological polar surface area (TPSA) is 26.0 Å². The van der Waals surface area contributed by atoms with Gasteiger partial charge in [-0.3, -0.25) is 0 Å².